The third kappa shape index (κ3) is 5.15. The van der Waals surface area contributed by atoms with Crippen LogP contribution in [0.2, 0.25) is 0 Å². The number of non-ortho nitro benzene ring substituents is 1. The van der Waals surface area contributed by atoms with Crippen LogP contribution in [0.5, 0.6) is 5.75 Å². The first-order valence-corrected chi connectivity index (χ1v) is 11.3. The molecule has 0 aliphatic heterocycles. The van der Waals surface area contributed by atoms with E-state index < -0.39 is 61.5 Å². The summed E-state index contributed by atoms with van der Waals surface area (Å²) in [4.78, 5) is 6.03. The molecular weight excluding hydrogens is 462 g/mol. The number of benzene rings is 2. The van der Waals surface area contributed by atoms with E-state index in [0.29, 0.717) is 0 Å². The number of nitro groups is 1. The summed E-state index contributed by atoms with van der Waals surface area (Å²) in [7, 11) is -15.0. The number of nitro benzene ring substituents is 1. The van der Waals surface area contributed by atoms with Crippen LogP contribution in [0.4, 0.5) is 19.1 Å². The Morgan fingerprint density at radius 2 is 1.38 bits per heavy atom. The fourth-order valence-electron chi connectivity index (χ4n) is 2.08. The monoisotopic (exact) mass is 472 g/mol. The van der Waals surface area contributed by atoms with Crippen molar-refractivity contribution in [2.75, 3.05) is 11.8 Å². The van der Waals surface area contributed by atoms with Gasteiger partial charge in [-0.3, -0.25) is 14.8 Å². The minimum Gasteiger partial charge on any atom is -0.495 e. The number of sulfonamides is 1. The number of anilines is 1. The molecule has 0 aromatic heterocycles. The smallest absolute Gasteiger partial charge is 0.332 e. The van der Waals surface area contributed by atoms with Gasteiger partial charge >= 0.3 is 20.4 Å². The lowest BCUT2D eigenvalue weighted by Gasteiger charge is -2.12. The molecule has 29 heavy (non-hydrogen) atoms. The fraction of sp³-hybridized carbons (Fsp3) is 0.0769. The Bertz CT molecular complexity index is 1260. The second-order valence-electron chi connectivity index (χ2n) is 5.26. The van der Waals surface area contributed by atoms with Crippen LogP contribution in [-0.4, -0.2) is 37.3 Å². The fourth-order valence-corrected chi connectivity index (χ4v) is 4.50. The van der Waals surface area contributed by atoms with Crippen LogP contribution in [0, 0.1) is 10.1 Å². The van der Waals surface area contributed by atoms with Crippen LogP contribution >= 0.6 is 0 Å². The number of halogens is 2. The highest BCUT2D eigenvalue weighted by Crippen LogP contribution is 2.32. The standard InChI is InChI=1S/C13H10F2N2O9S3/c1-26-13-3-2-8(17(18)19)4-12(13)16-29(24,25)11-6-9(27(14,20)21)5-10(7-11)28(15,22)23/h2-7,16H,1H3. The van der Waals surface area contributed by atoms with Gasteiger partial charge in [0.05, 0.1) is 22.6 Å². The highest BCUT2D eigenvalue weighted by Gasteiger charge is 2.26. The van der Waals surface area contributed by atoms with Crippen LogP contribution in [0.3, 0.4) is 0 Å². The van der Waals surface area contributed by atoms with Gasteiger partial charge in [0.25, 0.3) is 15.7 Å². The van der Waals surface area contributed by atoms with Crippen LogP contribution in [0.15, 0.2) is 51.1 Å². The van der Waals surface area contributed by atoms with Crippen molar-refractivity contribution in [3.63, 3.8) is 0 Å². The summed E-state index contributed by atoms with van der Waals surface area (Å²) < 4.78 is 103. The minimum absolute atomic E-state index is 0.0949. The third-order valence-electron chi connectivity index (χ3n) is 3.37. The lowest BCUT2D eigenvalue weighted by molar-refractivity contribution is -0.384. The van der Waals surface area contributed by atoms with Crippen molar-refractivity contribution in [3.05, 3.63) is 46.5 Å². The molecule has 0 radical (unpaired) electrons. The van der Waals surface area contributed by atoms with E-state index >= 15 is 0 Å². The maximum absolute atomic E-state index is 13.3. The molecule has 0 unspecified atom stereocenters. The van der Waals surface area contributed by atoms with Gasteiger partial charge in [-0.25, -0.2) is 8.42 Å². The molecule has 0 aliphatic rings. The number of nitrogens with one attached hydrogen (secondary N) is 1. The van der Waals surface area contributed by atoms with Gasteiger partial charge in [0.15, 0.2) is 0 Å². The van der Waals surface area contributed by atoms with E-state index in [2.05, 4.69) is 0 Å². The summed E-state index contributed by atoms with van der Waals surface area (Å²) in [5.41, 5.74) is -1.02. The number of ether oxygens (including phenoxy) is 1. The summed E-state index contributed by atoms with van der Waals surface area (Å²) in [6.45, 7) is 0. The van der Waals surface area contributed by atoms with E-state index in [9.17, 15) is 43.1 Å². The predicted molar refractivity (Wildman–Crippen MR) is 93.5 cm³/mol. The molecule has 2 rings (SSSR count). The maximum atomic E-state index is 13.3. The van der Waals surface area contributed by atoms with E-state index in [1.807, 2.05) is 4.72 Å². The van der Waals surface area contributed by atoms with Gasteiger partial charge in [-0.2, -0.15) is 16.8 Å². The molecule has 0 atom stereocenters. The molecule has 0 saturated carbocycles. The molecule has 2 aromatic carbocycles. The van der Waals surface area contributed by atoms with E-state index in [-0.39, 0.29) is 23.9 Å². The molecule has 158 valence electrons. The molecule has 1 N–H and O–H groups in total. The first kappa shape index (κ1) is 22.4. The van der Waals surface area contributed by atoms with Crippen molar-refractivity contribution in [2.45, 2.75) is 14.7 Å². The SMILES string of the molecule is COc1ccc([N+](=O)[O-])cc1NS(=O)(=O)c1cc(S(=O)(=O)F)cc(S(=O)(=O)F)c1. The first-order chi connectivity index (χ1) is 13.1. The van der Waals surface area contributed by atoms with E-state index in [1.54, 1.807) is 0 Å². The molecular formula is C13H10F2N2O9S3. The van der Waals surface area contributed by atoms with Crippen molar-refractivity contribution in [1.82, 2.24) is 0 Å². The van der Waals surface area contributed by atoms with Crippen molar-refractivity contribution in [1.29, 1.82) is 0 Å². The van der Waals surface area contributed by atoms with Crippen molar-refractivity contribution in [2.24, 2.45) is 0 Å². The molecule has 11 nitrogen and oxygen atoms in total. The zero-order valence-corrected chi connectivity index (χ0v) is 16.5. The van der Waals surface area contributed by atoms with E-state index in [1.165, 1.54) is 0 Å². The molecule has 2 aromatic rings. The van der Waals surface area contributed by atoms with Crippen LogP contribution < -0.4 is 9.46 Å². The minimum atomic E-state index is -5.61. The second-order valence-corrected chi connectivity index (χ2v) is 9.64. The van der Waals surface area contributed by atoms with Gasteiger partial charge in [0.2, 0.25) is 0 Å². The Morgan fingerprint density at radius 3 is 1.79 bits per heavy atom. The van der Waals surface area contributed by atoms with Crippen molar-refractivity contribution < 1.29 is 42.7 Å². The molecule has 16 heteroatoms. The highest BCUT2D eigenvalue weighted by molar-refractivity contribution is 7.93. The highest BCUT2D eigenvalue weighted by atomic mass is 32.3. The van der Waals surface area contributed by atoms with Crippen LogP contribution in [-0.2, 0) is 30.5 Å². The van der Waals surface area contributed by atoms with Gasteiger partial charge in [-0.05, 0) is 24.3 Å². The Kier molecular flexibility index (Phi) is 5.82. The van der Waals surface area contributed by atoms with Gasteiger partial charge in [0.1, 0.15) is 15.5 Å². The van der Waals surface area contributed by atoms with E-state index in [0.717, 1.165) is 25.3 Å². The quantitative estimate of drug-likeness (QED) is 0.358. The van der Waals surface area contributed by atoms with Gasteiger partial charge in [0, 0.05) is 12.1 Å². The molecule has 0 bridgehead atoms. The second kappa shape index (κ2) is 7.53. The largest absolute Gasteiger partial charge is 0.495 e. The average molecular weight is 472 g/mol. The topological polar surface area (TPSA) is 167 Å². The van der Waals surface area contributed by atoms with Gasteiger partial charge < -0.3 is 4.74 Å². The Balaban J connectivity index is 2.68. The summed E-state index contributed by atoms with van der Waals surface area (Å²) >= 11 is 0. The van der Waals surface area contributed by atoms with Crippen molar-refractivity contribution in [3.8, 4) is 5.75 Å². The maximum Gasteiger partial charge on any atom is 0.332 e. The van der Waals surface area contributed by atoms with Crippen molar-refractivity contribution >= 4 is 41.8 Å². The van der Waals surface area contributed by atoms with Crippen LogP contribution in [0.1, 0.15) is 0 Å². The number of hydrogen-bond donors (Lipinski definition) is 1. The number of rotatable bonds is 7. The normalized spacial score (nSPS) is 12.4. The lowest BCUT2D eigenvalue weighted by atomic mass is 10.2. The summed E-state index contributed by atoms with van der Waals surface area (Å²) in [5, 5.41) is 10.9. The molecule has 0 saturated heterocycles. The zero-order valence-electron chi connectivity index (χ0n) is 14.1. The Labute approximate surface area is 163 Å². The predicted octanol–water partition coefficient (Wildman–Crippen LogP) is 1.72. The van der Waals surface area contributed by atoms with E-state index in [4.69, 9.17) is 4.74 Å². The molecule has 0 fully saturated rings. The number of methoxy groups -OCH3 is 1. The Hall–Kier alpha value is -2.85. The first-order valence-electron chi connectivity index (χ1n) is 7.05. The molecule has 0 spiro atoms. The molecule has 0 amide bonds. The number of hydrogen-bond acceptors (Lipinski definition) is 9. The zero-order chi connectivity index (χ0) is 22.2. The number of nitrogens with zero attached hydrogens (tertiary/aromatic N) is 1. The van der Waals surface area contributed by atoms with Gasteiger partial charge in [-0.15, -0.1) is 7.77 Å². The molecule has 0 aliphatic carbocycles. The van der Waals surface area contributed by atoms with Gasteiger partial charge in [-0.1, -0.05) is 0 Å². The third-order valence-corrected chi connectivity index (χ3v) is 6.31. The summed E-state index contributed by atoms with van der Waals surface area (Å²) in [6.07, 6.45) is 0. The Morgan fingerprint density at radius 1 is 0.897 bits per heavy atom. The lowest BCUT2D eigenvalue weighted by Crippen LogP contribution is -2.15. The summed E-state index contributed by atoms with van der Waals surface area (Å²) in [6, 6.07) is 3.40. The van der Waals surface area contributed by atoms with Crippen LogP contribution in [0.25, 0.3) is 0 Å². The summed E-state index contributed by atoms with van der Waals surface area (Å²) in [5.74, 6) is -0.188. The molecule has 0 heterocycles. The average Bonchev–Trinajstić information content (AvgIpc) is 2.59.